The van der Waals surface area contributed by atoms with E-state index in [1.165, 1.54) is 0 Å². The van der Waals surface area contributed by atoms with Gasteiger partial charge in [-0.25, -0.2) is 0 Å². The molecule has 2 rings (SSSR count). The maximum atomic E-state index is 12.5. The Bertz CT molecular complexity index is 563. The normalized spacial score (nSPS) is 24.9. The van der Waals surface area contributed by atoms with Crippen LogP contribution in [-0.4, -0.2) is 5.91 Å². The van der Waals surface area contributed by atoms with Crippen LogP contribution in [0.25, 0.3) is 0 Å². The number of rotatable bonds is 3. The number of amides is 1. The van der Waals surface area contributed by atoms with Crippen LogP contribution in [0.3, 0.4) is 0 Å². The van der Waals surface area contributed by atoms with Gasteiger partial charge < -0.3 is 5.32 Å². The smallest absolute Gasteiger partial charge is 0.244 e. The Morgan fingerprint density at radius 1 is 1.45 bits per heavy atom. The van der Waals surface area contributed by atoms with Crippen molar-refractivity contribution in [3.8, 4) is 6.07 Å². The lowest BCUT2D eigenvalue weighted by molar-refractivity contribution is -0.128. The fraction of sp³-hybridized carbons (Fsp3) is 0.529. The SMILES string of the molecule is Cc1cccc(C(C)C)c1NC(=O)C1(C#N)CC(C)C1. The molecule has 0 spiro atoms. The van der Waals surface area contributed by atoms with Gasteiger partial charge in [-0.2, -0.15) is 5.26 Å². The summed E-state index contributed by atoms with van der Waals surface area (Å²) in [5.41, 5.74) is 2.22. The van der Waals surface area contributed by atoms with Crippen molar-refractivity contribution >= 4 is 11.6 Å². The Kier molecular flexibility index (Phi) is 3.85. The molecular formula is C17H22N2O. The minimum absolute atomic E-state index is 0.144. The van der Waals surface area contributed by atoms with Crippen LogP contribution in [-0.2, 0) is 4.79 Å². The summed E-state index contributed by atoms with van der Waals surface area (Å²) in [6, 6.07) is 8.25. The summed E-state index contributed by atoms with van der Waals surface area (Å²) in [6.07, 6.45) is 1.33. The zero-order valence-electron chi connectivity index (χ0n) is 12.7. The fourth-order valence-corrected chi connectivity index (χ4v) is 3.03. The van der Waals surface area contributed by atoms with Crippen molar-refractivity contribution in [2.24, 2.45) is 11.3 Å². The third-order valence-corrected chi connectivity index (χ3v) is 4.21. The fourth-order valence-electron chi connectivity index (χ4n) is 3.03. The molecule has 20 heavy (non-hydrogen) atoms. The van der Waals surface area contributed by atoms with Crippen molar-refractivity contribution in [1.29, 1.82) is 5.26 Å². The van der Waals surface area contributed by atoms with E-state index in [9.17, 15) is 10.1 Å². The Labute approximate surface area is 121 Å². The molecule has 0 aliphatic heterocycles. The van der Waals surface area contributed by atoms with Gasteiger partial charge in [0.1, 0.15) is 5.41 Å². The second-order valence-electron chi connectivity index (χ2n) is 6.36. The number of aryl methyl sites for hydroxylation is 1. The zero-order valence-corrected chi connectivity index (χ0v) is 12.7. The lowest BCUT2D eigenvalue weighted by Gasteiger charge is -2.39. The maximum Gasteiger partial charge on any atom is 0.244 e. The quantitative estimate of drug-likeness (QED) is 0.902. The zero-order chi connectivity index (χ0) is 14.9. The number of nitriles is 1. The molecule has 1 aromatic carbocycles. The lowest BCUT2D eigenvalue weighted by atomic mass is 9.63. The van der Waals surface area contributed by atoms with E-state index < -0.39 is 5.41 Å². The Morgan fingerprint density at radius 3 is 2.60 bits per heavy atom. The van der Waals surface area contributed by atoms with Crippen molar-refractivity contribution in [2.45, 2.75) is 46.5 Å². The van der Waals surface area contributed by atoms with E-state index >= 15 is 0 Å². The molecule has 3 heteroatoms. The van der Waals surface area contributed by atoms with Gasteiger partial charge in [0, 0.05) is 5.69 Å². The molecule has 0 heterocycles. The largest absolute Gasteiger partial charge is 0.324 e. The lowest BCUT2D eigenvalue weighted by Crippen LogP contribution is -2.45. The highest BCUT2D eigenvalue weighted by Crippen LogP contribution is 2.46. The Hall–Kier alpha value is -1.82. The first-order valence-corrected chi connectivity index (χ1v) is 7.22. The molecule has 0 unspecified atom stereocenters. The molecular weight excluding hydrogens is 248 g/mol. The number of carbonyl (C=O) groups excluding carboxylic acids is 1. The summed E-state index contributed by atoms with van der Waals surface area (Å²) < 4.78 is 0. The molecule has 1 saturated carbocycles. The summed E-state index contributed by atoms with van der Waals surface area (Å²) >= 11 is 0. The Morgan fingerprint density at radius 2 is 2.10 bits per heavy atom. The van der Waals surface area contributed by atoms with Gasteiger partial charge in [0.2, 0.25) is 5.91 Å². The summed E-state index contributed by atoms with van der Waals surface area (Å²) in [7, 11) is 0. The number of anilines is 1. The van der Waals surface area contributed by atoms with E-state index in [0.717, 1.165) is 16.8 Å². The first-order valence-electron chi connectivity index (χ1n) is 7.22. The van der Waals surface area contributed by atoms with Crippen molar-refractivity contribution in [2.75, 3.05) is 5.32 Å². The van der Waals surface area contributed by atoms with Gasteiger partial charge in [-0.1, -0.05) is 39.0 Å². The maximum absolute atomic E-state index is 12.5. The van der Waals surface area contributed by atoms with Crippen molar-refractivity contribution in [3.05, 3.63) is 29.3 Å². The molecule has 3 nitrogen and oxygen atoms in total. The molecule has 0 aromatic heterocycles. The number of hydrogen-bond donors (Lipinski definition) is 1. The highest BCUT2D eigenvalue weighted by atomic mass is 16.2. The second kappa shape index (κ2) is 5.28. The highest BCUT2D eigenvalue weighted by molar-refractivity contribution is 5.99. The van der Waals surface area contributed by atoms with Crippen LogP contribution in [0.15, 0.2) is 18.2 Å². The standard InChI is InChI=1S/C17H22N2O/c1-11(2)14-7-5-6-13(4)15(14)19-16(20)17(10-18)8-12(3)9-17/h5-7,11-12H,8-9H2,1-4H3,(H,19,20). The molecule has 0 radical (unpaired) electrons. The van der Waals surface area contributed by atoms with Gasteiger partial charge in [-0.3, -0.25) is 4.79 Å². The van der Waals surface area contributed by atoms with E-state index in [4.69, 9.17) is 0 Å². The number of nitrogens with zero attached hydrogens (tertiary/aromatic N) is 1. The number of carbonyl (C=O) groups is 1. The van der Waals surface area contributed by atoms with Crippen LogP contribution in [0.5, 0.6) is 0 Å². The summed E-state index contributed by atoms with van der Waals surface area (Å²) in [6.45, 7) is 8.28. The molecule has 1 fully saturated rings. The molecule has 0 atom stereocenters. The Balaban J connectivity index is 2.27. The number of benzene rings is 1. The van der Waals surface area contributed by atoms with Crippen LogP contribution in [0.2, 0.25) is 0 Å². The predicted molar refractivity (Wildman–Crippen MR) is 80.3 cm³/mol. The van der Waals surface area contributed by atoms with Gasteiger partial charge in [0.25, 0.3) is 0 Å². The summed E-state index contributed by atoms with van der Waals surface area (Å²) in [5, 5.41) is 12.4. The average molecular weight is 270 g/mol. The molecule has 0 bridgehead atoms. The van der Waals surface area contributed by atoms with Crippen LogP contribution >= 0.6 is 0 Å². The van der Waals surface area contributed by atoms with Gasteiger partial charge in [-0.15, -0.1) is 0 Å². The molecule has 1 aliphatic rings. The monoisotopic (exact) mass is 270 g/mol. The van der Waals surface area contributed by atoms with Gasteiger partial charge in [0.05, 0.1) is 6.07 Å². The van der Waals surface area contributed by atoms with Gasteiger partial charge in [-0.05, 0) is 42.7 Å². The molecule has 1 N–H and O–H groups in total. The van der Waals surface area contributed by atoms with E-state index in [2.05, 4.69) is 32.2 Å². The minimum Gasteiger partial charge on any atom is -0.324 e. The van der Waals surface area contributed by atoms with Crippen LogP contribution in [0.1, 0.15) is 50.7 Å². The molecule has 1 aromatic rings. The third kappa shape index (κ3) is 2.43. The predicted octanol–water partition coefficient (Wildman–Crippen LogP) is 4.00. The first kappa shape index (κ1) is 14.6. The minimum atomic E-state index is -0.823. The van der Waals surface area contributed by atoms with Crippen molar-refractivity contribution in [1.82, 2.24) is 0 Å². The third-order valence-electron chi connectivity index (χ3n) is 4.21. The second-order valence-corrected chi connectivity index (χ2v) is 6.36. The number of nitrogens with one attached hydrogen (secondary N) is 1. The molecule has 1 aliphatic carbocycles. The molecule has 0 saturated heterocycles. The first-order chi connectivity index (χ1) is 9.39. The van der Waals surface area contributed by atoms with Crippen LogP contribution < -0.4 is 5.32 Å². The van der Waals surface area contributed by atoms with Crippen LogP contribution in [0.4, 0.5) is 5.69 Å². The van der Waals surface area contributed by atoms with E-state index in [1.807, 2.05) is 25.1 Å². The van der Waals surface area contributed by atoms with Gasteiger partial charge >= 0.3 is 0 Å². The number of para-hydroxylation sites is 1. The van der Waals surface area contributed by atoms with E-state index in [0.29, 0.717) is 24.7 Å². The average Bonchev–Trinajstić information content (AvgIpc) is 2.36. The van der Waals surface area contributed by atoms with Crippen molar-refractivity contribution < 1.29 is 4.79 Å². The summed E-state index contributed by atoms with van der Waals surface area (Å²) in [5.74, 6) is 0.652. The molecule has 1 amide bonds. The summed E-state index contributed by atoms with van der Waals surface area (Å²) in [4.78, 5) is 12.5. The molecule has 106 valence electrons. The van der Waals surface area contributed by atoms with Gasteiger partial charge in [0.15, 0.2) is 0 Å². The van der Waals surface area contributed by atoms with Crippen molar-refractivity contribution in [3.63, 3.8) is 0 Å². The van der Waals surface area contributed by atoms with Crippen LogP contribution in [0, 0.1) is 29.6 Å². The van der Waals surface area contributed by atoms with E-state index in [1.54, 1.807) is 0 Å². The number of hydrogen-bond acceptors (Lipinski definition) is 2. The highest BCUT2D eigenvalue weighted by Gasteiger charge is 2.49. The van der Waals surface area contributed by atoms with E-state index in [-0.39, 0.29) is 5.91 Å². The topological polar surface area (TPSA) is 52.9 Å².